The predicted octanol–water partition coefficient (Wildman–Crippen LogP) is 1.08. The molecule has 0 bridgehead atoms. The SMILES string of the molecule is COCCOCCOCCC1CCCC1(N)C#N. The van der Waals surface area contributed by atoms with Gasteiger partial charge in [0.25, 0.3) is 0 Å². The molecule has 0 heterocycles. The maximum atomic E-state index is 9.07. The Hall–Kier alpha value is -0.670. The van der Waals surface area contributed by atoms with Crippen LogP contribution in [0, 0.1) is 17.2 Å². The van der Waals surface area contributed by atoms with Crippen LogP contribution >= 0.6 is 0 Å². The number of ether oxygens (including phenoxy) is 3. The van der Waals surface area contributed by atoms with E-state index < -0.39 is 5.54 Å². The van der Waals surface area contributed by atoms with E-state index in [9.17, 15) is 0 Å². The minimum atomic E-state index is -0.627. The molecule has 0 aliphatic heterocycles. The molecule has 0 spiro atoms. The fraction of sp³-hybridized carbons (Fsp3) is 0.923. The third-order valence-electron chi connectivity index (χ3n) is 3.49. The summed E-state index contributed by atoms with van der Waals surface area (Å²) < 4.78 is 15.6. The van der Waals surface area contributed by atoms with E-state index in [1.54, 1.807) is 7.11 Å². The van der Waals surface area contributed by atoms with Crippen molar-refractivity contribution in [3.63, 3.8) is 0 Å². The lowest BCUT2D eigenvalue weighted by Gasteiger charge is -2.23. The molecule has 5 heteroatoms. The molecule has 0 aromatic heterocycles. The number of rotatable bonds is 9. The van der Waals surface area contributed by atoms with Gasteiger partial charge in [-0.2, -0.15) is 5.26 Å². The van der Waals surface area contributed by atoms with Gasteiger partial charge in [0.15, 0.2) is 0 Å². The largest absolute Gasteiger partial charge is 0.382 e. The highest BCUT2D eigenvalue weighted by molar-refractivity contribution is 5.11. The smallest absolute Gasteiger partial charge is 0.107 e. The fourth-order valence-electron chi connectivity index (χ4n) is 2.34. The van der Waals surface area contributed by atoms with Crippen molar-refractivity contribution in [1.82, 2.24) is 0 Å². The molecule has 0 aromatic rings. The summed E-state index contributed by atoms with van der Waals surface area (Å²) in [6.45, 7) is 3.03. The molecule has 1 saturated carbocycles. The van der Waals surface area contributed by atoms with Crippen LogP contribution in [-0.4, -0.2) is 45.7 Å². The van der Waals surface area contributed by atoms with E-state index >= 15 is 0 Å². The summed E-state index contributed by atoms with van der Waals surface area (Å²) in [5.74, 6) is 0.275. The first-order chi connectivity index (χ1) is 8.73. The van der Waals surface area contributed by atoms with Crippen molar-refractivity contribution in [2.75, 3.05) is 40.1 Å². The van der Waals surface area contributed by atoms with Crippen LogP contribution in [0.4, 0.5) is 0 Å². The van der Waals surface area contributed by atoms with Crippen LogP contribution < -0.4 is 5.73 Å². The van der Waals surface area contributed by atoms with Gasteiger partial charge in [-0.15, -0.1) is 0 Å². The number of hydrogen-bond donors (Lipinski definition) is 1. The first-order valence-electron chi connectivity index (χ1n) is 6.57. The average Bonchev–Trinajstić information content (AvgIpc) is 2.75. The number of nitrogens with zero attached hydrogens (tertiary/aromatic N) is 1. The second-order valence-electron chi connectivity index (χ2n) is 4.75. The second-order valence-corrected chi connectivity index (χ2v) is 4.75. The quantitative estimate of drug-likeness (QED) is 0.624. The summed E-state index contributed by atoms with van der Waals surface area (Å²) in [5.41, 5.74) is 5.42. The standard InChI is InChI=1S/C13H24N2O3/c1-16-7-8-18-10-9-17-6-4-12-3-2-5-13(12,15)11-14/h12H,2-10,15H2,1H3. The molecule has 18 heavy (non-hydrogen) atoms. The summed E-state index contributed by atoms with van der Waals surface area (Å²) >= 11 is 0. The van der Waals surface area contributed by atoms with Gasteiger partial charge in [0.2, 0.25) is 0 Å². The molecule has 2 atom stereocenters. The summed E-state index contributed by atoms with van der Waals surface area (Å²) in [4.78, 5) is 0. The number of methoxy groups -OCH3 is 1. The molecule has 0 amide bonds. The monoisotopic (exact) mass is 256 g/mol. The van der Waals surface area contributed by atoms with Crippen molar-refractivity contribution in [3.05, 3.63) is 0 Å². The van der Waals surface area contributed by atoms with Crippen LogP contribution in [0.5, 0.6) is 0 Å². The zero-order chi connectivity index (χ0) is 13.3. The maximum Gasteiger partial charge on any atom is 0.107 e. The molecule has 2 N–H and O–H groups in total. The Kier molecular flexibility index (Phi) is 7.21. The van der Waals surface area contributed by atoms with Crippen LogP contribution in [0.2, 0.25) is 0 Å². The summed E-state index contributed by atoms with van der Waals surface area (Å²) in [5, 5.41) is 9.07. The van der Waals surface area contributed by atoms with Gasteiger partial charge in [-0.3, -0.25) is 0 Å². The Morgan fingerprint density at radius 1 is 1.22 bits per heavy atom. The second kappa shape index (κ2) is 8.44. The van der Waals surface area contributed by atoms with Gasteiger partial charge in [-0.25, -0.2) is 0 Å². The molecular weight excluding hydrogens is 232 g/mol. The summed E-state index contributed by atoms with van der Waals surface area (Å²) in [7, 11) is 1.65. The predicted molar refractivity (Wildman–Crippen MR) is 68.0 cm³/mol. The fourth-order valence-corrected chi connectivity index (χ4v) is 2.34. The lowest BCUT2D eigenvalue weighted by atomic mass is 9.87. The molecule has 0 aromatic carbocycles. The Bertz CT molecular complexity index is 267. The van der Waals surface area contributed by atoms with E-state index in [0.29, 0.717) is 33.0 Å². The number of nitrogens with two attached hydrogens (primary N) is 1. The van der Waals surface area contributed by atoms with Gasteiger partial charge in [-0.05, 0) is 25.2 Å². The summed E-state index contributed by atoms with van der Waals surface area (Å²) in [6.07, 6.45) is 3.77. The van der Waals surface area contributed by atoms with E-state index in [-0.39, 0.29) is 5.92 Å². The van der Waals surface area contributed by atoms with Gasteiger partial charge >= 0.3 is 0 Å². The van der Waals surface area contributed by atoms with Crippen LogP contribution in [0.3, 0.4) is 0 Å². The lowest BCUT2D eigenvalue weighted by Crippen LogP contribution is -2.42. The number of hydrogen-bond acceptors (Lipinski definition) is 5. The number of nitriles is 1. The van der Waals surface area contributed by atoms with Gasteiger partial charge < -0.3 is 19.9 Å². The molecule has 5 nitrogen and oxygen atoms in total. The van der Waals surface area contributed by atoms with Crippen LogP contribution in [0.1, 0.15) is 25.7 Å². The molecular formula is C13H24N2O3. The Morgan fingerprint density at radius 3 is 2.56 bits per heavy atom. The van der Waals surface area contributed by atoms with Crippen molar-refractivity contribution < 1.29 is 14.2 Å². The minimum absolute atomic E-state index is 0.275. The Labute approximate surface area is 109 Å². The molecule has 1 rings (SSSR count). The third kappa shape index (κ3) is 4.91. The van der Waals surface area contributed by atoms with Crippen molar-refractivity contribution in [2.24, 2.45) is 11.7 Å². The molecule has 1 aliphatic rings. The highest BCUT2D eigenvalue weighted by Gasteiger charge is 2.39. The van der Waals surface area contributed by atoms with Gasteiger partial charge in [0.1, 0.15) is 5.54 Å². The molecule has 2 unspecified atom stereocenters. The Morgan fingerprint density at radius 2 is 1.89 bits per heavy atom. The molecule has 0 radical (unpaired) electrons. The molecule has 0 saturated heterocycles. The maximum absolute atomic E-state index is 9.07. The highest BCUT2D eigenvalue weighted by atomic mass is 16.5. The van der Waals surface area contributed by atoms with Crippen molar-refractivity contribution in [3.8, 4) is 6.07 Å². The van der Waals surface area contributed by atoms with Crippen LogP contribution in [0.25, 0.3) is 0 Å². The van der Waals surface area contributed by atoms with Crippen LogP contribution in [0.15, 0.2) is 0 Å². The molecule has 1 fully saturated rings. The third-order valence-corrected chi connectivity index (χ3v) is 3.49. The normalized spacial score (nSPS) is 27.3. The van der Waals surface area contributed by atoms with Crippen molar-refractivity contribution in [2.45, 2.75) is 31.2 Å². The molecule has 1 aliphatic carbocycles. The van der Waals surface area contributed by atoms with E-state index in [2.05, 4.69) is 6.07 Å². The van der Waals surface area contributed by atoms with Gasteiger partial charge in [0.05, 0.1) is 32.5 Å². The molecule has 104 valence electrons. The van der Waals surface area contributed by atoms with E-state index in [1.165, 1.54) is 0 Å². The minimum Gasteiger partial charge on any atom is -0.382 e. The van der Waals surface area contributed by atoms with Crippen molar-refractivity contribution in [1.29, 1.82) is 5.26 Å². The Balaban J connectivity index is 2.00. The van der Waals surface area contributed by atoms with Gasteiger partial charge in [-0.1, -0.05) is 6.42 Å². The zero-order valence-corrected chi connectivity index (χ0v) is 11.2. The average molecular weight is 256 g/mol. The zero-order valence-electron chi connectivity index (χ0n) is 11.2. The van der Waals surface area contributed by atoms with Gasteiger partial charge in [0, 0.05) is 13.7 Å². The van der Waals surface area contributed by atoms with Crippen molar-refractivity contribution >= 4 is 0 Å². The van der Waals surface area contributed by atoms with Crippen LogP contribution in [-0.2, 0) is 14.2 Å². The highest BCUT2D eigenvalue weighted by Crippen LogP contribution is 2.35. The summed E-state index contributed by atoms with van der Waals surface area (Å²) in [6, 6.07) is 2.25. The first kappa shape index (κ1) is 15.4. The topological polar surface area (TPSA) is 77.5 Å². The lowest BCUT2D eigenvalue weighted by molar-refractivity contribution is 0.0210. The van der Waals surface area contributed by atoms with E-state index in [1.807, 2.05) is 0 Å². The first-order valence-corrected chi connectivity index (χ1v) is 6.57. The van der Waals surface area contributed by atoms with E-state index in [4.69, 9.17) is 25.2 Å². The van der Waals surface area contributed by atoms with E-state index in [0.717, 1.165) is 25.7 Å².